The van der Waals surface area contributed by atoms with Crippen LogP contribution in [0.25, 0.3) is 22.2 Å². The second kappa shape index (κ2) is 10.1. The van der Waals surface area contributed by atoms with Crippen molar-refractivity contribution in [3.63, 3.8) is 0 Å². The molecule has 5 unspecified atom stereocenters. The van der Waals surface area contributed by atoms with E-state index < -0.39 is 51.7 Å². The van der Waals surface area contributed by atoms with Gasteiger partial charge in [-0.05, 0) is 32.3 Å². The molecule has 2 aromatic heterocycles. The van der Waals surface area contributed by atoms with E-state index in [1.165, 1.54) is 6.07 Å². The normalized spacial score (nSPS) is 30.8. The van der Waals surface area contributed by atoms with Gasteiger partial charge in [0.25, 0.3) is 0 Å². The number of piperazine rings is 1. The van der Waals surface area contributed by atoms with Gasteiger partial charge in [0.2, 0.25) is 5.88 Å². The van der Waals surface area contributed by atoms with Gasteiger partial charge in [0, 0.05) is 43.7 Å². The van der Waals surface area contributed by atoms with Crippen LogP contribution in [0.1, 0.15) is 38.2 Å². The van der Waals surface area contributed by atoms with Crippen LogP contribution < -0.4 is 19.7 Å². The Morgan fingerprint density at radius 3 is 2.82 bits per heavy atom. The molecule has 3 aromatic rings. The molecule has 2 bridgehead atoms. The third kappa shape index (κ3) is 4.56. The molecule has 5 aliphatic rings. The molecule has 14 heteroatoms. The third-order valence-corrected chi connectivity index (χ3v) is 10.2. The maximum Gasteiger partial charge on any atom is 0.418 e. The van der Waals surface area contributed by atoms with Gasteiger partial charge in [0.05, 0.1) is 22.2 Å². The van der Waals surface area contributed by atoms with Crippen molar-refractivity contribution in [1.82, 2.24) is 25.2 Å². The smallest absolute Gasteiger partial charge is 0.418 e. The molecule has 5 aliphatic heterocycles. The Kier molecular flexibility index (Phi) is 6.54. The average Bonchev–Trinajstić information content (AvgIpc) is 3.56. The summed E-state index contributed by atoms with van der Waals surface area (Å²) in [4.78, 5) is 17.6. The summed E-state index contributed by atoms with van der Waals surface area (Å²) < 4.78 is 86.4. The SMILES string of the molecule is C=C1CN2C[C@H](F)CC2(COc2nc3c4c(nc(-c5cccc(Cl)c5C(F)(F)F)c(F)c4n2)OC(C)C2C4CCC(CN32)N4)C1. The topological polar surface area (TPSA) is 75.6 Å². The van der Waals surface area contributed by atoms with Crippen molar-refractivity contribution in [3.05, 3.63) is 46.8 Å². The van der Waals surface area contributed by atoms with E-state index in [0.717, 1.165) is 30.5 Å². The van der Waals surface area contributed by atoms with E-state index >= 15 is 4.39 Å². The number of halogens is 6. The molecule has 0 spiro atoms. The Bertz CT molecular complexity index is 1740. The van der Waals surface area contributed by atoms with E-state index in [2.05, 4.69) is 26.8 Å². The lowest BCUT2D eigenvalue weighted by atomic mass is 9.93. The zero-order valence-electron chi connectivity index (χ0n) is 24.3. The molecule has 0 amide bonds. The summed E-state index contributed by atoms with van der Waals surface area (Å²) in [5.74, 6) is -0.805. The van der Waals surface area contributed by atoms with Crippen molar-refractivity contribution in [3.8, 4) is 23.1 Å². The molecule has 238 valence electrons. The fourth-order valence-corrected chi connectivity index (χ4v) is 8.47. The lowest BCUT2D eigenvalue weighted by Gasteiger charge is -2.42. The van der Waals surface area contributed by atoms with E-state index in [0.29, 0.717) is 25.3 Å². The first kappa shape index (κ1) is 29.1. The minimum atomic E-state index is -4.89. The van der Waals surface area contributed by atoms with E-state index in [9.17, 15) is 17.6 Å². The first-order valence-corrected chi connectivity index (χ1v) is 15.4. The first-order valence-electron chi connectivity index (χ1n) is 15.1. The van der Waals surface area contributed by atoms with Gasteiger partial charge < -0.3 is 19.7 Å². The number of fused-ring (bicyclic) bond motifs is 6. The summed E-state index contributed by atoms with van der Waals surface area (Å²) in [5.41, 5.74) is -2.28. The van der Waals surface area contributed by atoms with Crippen molar-refractivity contribution in [1.29, 1.82) is 0 Å². The van der Waals surface area contributed by atoms with Gasteiger partial charge in [0.1, 0.15) is 41.3 Å². The van der Waals surface area contributed by atoms with Crippen LogP contribution >= 0.6 is 11.6 Å². The van der Waals surface area contributed by atoms with Gasteiger partial charge in [-0.15, -0.1) is 0 Å². The molecule has 4 fully saturated rings. The minimum Gasteiger partial charge on any atom is -0.472 e. The van der Waals surface area contributed by atoms with Crippen LogP contribution in [-0.2, 0) is 6.18 Å². The molecule has 1 N–H and O–H groups in total. The predicted molar refractivity (Wildman–Crippen MR) is 157 cm³/mol. The third-order valence-electron chi connectivity index (χ3n) is 9.93. The highest BCUT2D eigenvalue weighted by molar-refractivity contribution is 6.31. The summed E-state index contributed by atoms with van der Waals surface area (Å²) in [5, 5.41) is 3.19. The van der Waals surface area contributed by atoms with Crippen LogP contribution in [0.5, 0.6) is 11.9 Å². The van der Waals surface area contributed by atoms with Gasteiger partial charge in [-0.2, -0.15) is 23.1 Å². The van der Waals surface area contributed by atoms with Crippen LogP contribution in [0.3, 0.4) is 0 Å². The molecular weight excluding hydrogens is 619 g/mol. The van der Waals surface area contributed by atoms with E-state index in [1.807, 2.05) is 11.8 Å². The standard InChI is InChI=1S/C31H30ClF5N6O2/c1-14-8-30(9-16(33)11-42(30)10-14)13-44-29-40-25-21-27(41-29)43-12-17-6-7-20(38-17)26(43)15(2)45-28(21)39-24(23(25)34)18-4-3-5-19(32)22(18)31(35,36)37/h3-5,15-17,20,26,38H,1,6-13H2,2H3/t15?,16-,17?,20?,26?,30?/m1/s1. The molecule has 8 nitrogen and oxygen atoms in total. The maximum atomic E-state index is 16.7. The Hall–Kier alpha value is -3.29. The summed E-state index contributed by atoms with van der Waals surface area (Å²) in [6.45, 7) is 7.36. The lowest BCUT2D eigenvalue weighted by molar-refractivity contribution is -0.137. The molecule has 0 saturated carbocycles. The molecule has 1 aromatic carbocycles. The molecule has 0 radical (unpaired) electrons. The molecule has 8 rings (SSSR count). The number of nitrogens with zero attached hydrogens (tertiary/aromatic N) is 5. The highest BCUT2D eigenvalue weighted by atomic mass is 35.5. The second-order valence-corrected chi connectivity index (χ2v) is 13.3. The molecule has 7 heterocycles. The molecule has 6 atom stereocenters. The van der Waals surface area contributed by atoms with Crippen LogP contribution in [-0.4, -0.2) is 82.0 Å². The first-order chi connectivity index (χ1) is 21.4. The quantitative estimate of drug-likeness (QED) is 0.285. The van der Waals surface area contributed by atoms with E-state index in [-0.39, 0.29) is 60.5 Å². The predicted octanol–water partition coefficient (Wildman–Crippen LogP) is 5.71. The maximum absolute atomic E-state index is 16.7. The van der Waals surface area contributed by atoms with E-state index in [4.69, 9.17) is 26.1 Å². The molecule has 45 heavy (non-hydrogen) atoms. The lowest BCUT2D eigenvalue weighted by Crippen LogP contribution is -2.62. The summed E-state index contributed by atoms with van der Waals surface area (Å²) in [7, 11) is 0. The Morgan fingerprint density at radius 1 is 1.20 bits per heavy atom. The van der Waals surface area contributed by atoms with E-state index in [1.54, 1.807) is 0 Å². The Labute approximate surface area is 260 Å². The molecule has 0 aliphatic carbocycles. The zero-order chi connectivity index (χ0) is 31.4. The number of nitrogens with one attached hydrogen (secondary N) is 1. The van der Waals surface area contributed by atoms with Gasteiger partial charge in [0.15, 0.2) is 5.82 Å². The average molecular weight is 649 g/mol. The Balaban J connectivity index is 1.31. The number of hydrogen-bond acceptors (Lipinski definition) is 8. The van der Waals surface area contributed by atoms with Crippen LogP contribution in [0.2, 0.25) is 5.02 Å². The minimum absolute atomic E-state index is 0.0411. The van der Waals surface area contributed by atoms with Crippen LogP contribution in [0.15, 0.2) is 30.4 Å². The van der Waals surface area contributed by atoms with Crippen molar-refractivity contribution in [2.24, 2.45) is 0 Å². The largest absolute Gasteiger partial charge is 0.472 e. The van der Waals surface area contributed by atoms with Gasteiger partial charge in [-0.25, -0.2) is 13.8 Å². The highest BCUT2D eigenvalue weighted by Gasteiger charge is 2.51. The van der Waals surface area contributed by atoms with Crippen LogP contribution in [0.4, 0.5) is 27.8 Å². The monoisotopic (exact) mass is 648 g/mol. The van der Waals surface area contributed by atoms with Crippen molar-refractivity contribution >= 4 is 28.3 Å². The zero-order valence-corrected chi connectivity index (χ0v) is 25.1. The summed E-state index contributed by atoms with van der Waals surface area (Å²) in [6, 6.07) is 3.37. The number of ether oxygens (including phenoxy) is 2. The number of pyridine rings is 1. The Morgan fingerprint density at radius 2 is 2.02 bits per heavy atom. The van der Waals surface area contributed by atoms with Crippen molar-refractivity contribution < 1.29 is 31.4 Å². The number of benzene rings is 1. The van der Waals surface area contributed by atoms with Gasteiger partial charge >= 0.3 is 12.2 Å². The number of rotatable bonds is 4. The fraction of sp³-hybridized carbons (Fsp3) is 0.516. The summed E-state index contributed by atoms with van der Waals surface area (Å²) in [6.07, 6.45) is -3.75. The number of anilines is 1. The molecular formula is C31H30ClF5N6O2. The summed E-state index contributed by atoms with van der Waals surface area (Å²) >= 11 is 6.01. The number of hydrogen-bond donors (Lipinski definition) is 1. The van der Waals surface area contributed by atoms with Crippen molar-refractivity contribution in [2.45, 2.75) is 74.7 Å². The van der Waals surface area contributed by atoms with Gasteiger partial charge in [-0.1, -0.05) is 35.9 Å². The second-order valence-electron chi connectivity index (χ2n) is 12.9. The van der Waals surface area contributed by atoms with Crippen LogP contribution in [0, 0.1) is 5.82 Å². The molecule has 4 saturated heterocycles. The van der Waals surface area contributed by atoms with Crippen molar-refractivity contribution in [2.75, 3.05) is 31.1 Å². The highest BCUT2D eigenvalue weighted by Crippen LogP contribution is 2.47. The number of aromatic nitrogens is 3. The fourth-order valence-electron chi connectivity index (χ4n) is 8.19. The van der Waals surface area contributed by atoms with Gasteiger partial charge in [-0.3, -0.25) is 4.90 Å². The number of alkyl halides is 4.